The summed E-state index contributed by atoms with van der Waals surface area (Å²) in [6, 6.07) is 17.8. The Labute approximate surface area is 246 Å². The number of nitrogens with one attached hydrogen (secondary N) is 1. The number of Topliss-reactive ketones (excluding diaryl/α,β-unsaturated/α-hetero) is 1. The number of hydrogen-bond acceptors (Lipinski definition) is 4. The zero-order valence-electron chi connectivity index (χ0n) is 23.6. The number of rotatable bonds is 9. The maximum atomic E-state index is 16.0. The lowest BCUT2D eigenvalue weighted by atomic mass is 9.86. The van der Waals surface area contributed by atoms with Gasteiger partial charge < -0.3 is 19.7 Å². The van der Waals surface area contributed by atoms with Gasteiger partial charge in [0.25, 0.3) is 0 Å². The predicted molar refractivity (Wildman–Crippen MR) is 155 cm³/mol. The van der Waals surface area contributed by atoms with Gasteiger partial charge in [0, 0.05) is 53.4 Å². The molecule has 0 spiro atoms. The molecule has 2 aliphatic heterocycles. The van der Waals surface area contributed by atoms with E-state index in [2.05, 4.69) is 4.98 Å². The van der Waals surface area contributed by atoms with Gasteiger partial charge in [0.15, 0.2) is 5.78 Å². The van der Waals surface area contributed by atoms with Gasteiger partial charge in [-0.2, -0.15) is 0 Å². The van der Waals surface area contributed by atoms with Crippen LogP contribution in [0.25, 0.3) is 10.9 Å². The quantitative estimate of drug-likeness (QED) is 0.229. The highest BCUT2D eigenvalue weighted by atomic mass is 19.1. The molecule has 7 nitrogen and oxygen atoms in total. The second kappa shape index (κ2) is 11.9. The van der Waals surface area contributed by atoms with E-state index < -0.39 is 41.6 Å². The topological polar surface area (TPSA) is 85.9 Å². The first-order valence-corrected chi connectivity index (χ1v) is 14.3. The number of ether oxygens (including phenoxy) is 1. The van der Waals surface area contributed by atoms with Crippen LogP contribution in [0, 0.1) is 17.6 Å². The summed E-state index contributed by atoms with van der Waals surface area (Å²) < 4.78 is 53.0. The zero-order chi connectivity index (χ0) is 30.2. The van der Waals surface area contributed by atoms with Crippen molar-refractivity contribution in [3.8, 4) is 0 Å². The number of aromatic amines is 1. The molecule has 0 radical (unpaired) electrons. The van der Waals surface area contributed by atoms with E-state index in [1.54, 1.807) is 4.90 Å². The minimum absolute atomic E-state index is 0.0181. The Morgan fingerprint density at radius 2 is 1.72 bits per heavy atom. The minimum atomic E-state index is -1.43. The molecule has 1 saturated heterocycles. The maximum absolute atomic E-state index is 16.0. The summed E-state index contributed by atoms with van der Waals surface area (Å²) in [5, 5.41) is 10.0. The summed E-state index contributed by atoms with van der Waals surface area (Å²) in [5.41, 5.74) is 2.81. The number of alkyl halides is 1. The molecule has 6 rings (SSSR count). The zero-order valence-corrected chi connectivity index (χ0v) is 23.6. The fraction of sp³-hybridized carbons (Fsp3) is 0.333. The Balaban J connectivity index is 1.31. The van der Waals surface area contributed by atoms with Crippen LogP contribution in [-0.4, -0.2) is 70.2 Å². The van der Waals surface area contributed by atoms with Crippen LogP contribution in [-0.2, 0) is 17.8 Å². The molecule has 0 saturated carbocycles. The van der Waals surface area contributed by atoms with Gasteiger partial charge in [-0.25, -0.2) is 18.0 Å². The molecule has 3 heterocycles. The normalized spacial score (nSPS) is 19.7. The van der Waals surface area contributed by atoms with Crippen molar-refractivity contribution in [2.24, 2.45) is 5.92 Å². The van der Waals surface area contributed by atoms with Crippen LogP contribution >= 0.6 is 0 Å². The van der Waals surface area contributed by atoms with Gasteiger partial charge in [-0.3, -0.25) is 9.69 Å². The van der Waals surface area contributed by atoms with Crippen molar-refractivity contribution in [2.45, 2.75) is 38.2 Å². The monoisotopic (exact) mass is 591 g/mol. The van der Waals surface area contributed by atoms with Gasteiger partial charge in [-0.05, 0) is 42.7 Å². The number of fused-ring (bicyclic) bond motifs is 3. The Morgan fingerprint density at radius 1 is 1.05 bits per heavy atom. The van der Waals surface area contributed by atoms with Crippen molar-refractivity contribution in [1.82, 2.24) is 14.8 Å². The Bertz CT molecular complexity index is 1630. The smallest absolute Gasteiger partial charge is 0.407 e. The van der Waals surface area contributed by atoms with Crippen molar-refractivity contribution >= 4 is 22.8 Å². The molecule has 1 aromatic heterocycles. The summed E-state index contributed by atoms with van der Waals surface area (Å²) in [6.45, 7) is 1.81. The molecule has 1 fully saturated rings. The Kier molecular flexibility index (Phi) is 7.98. The number of para-hydroxylation sites is 1. The molecule has 10 heteroatoms. The fourth-order valence-corrected chi connectivity index (χ4v) is 6.29. The number of carboxylic acid groups (broad SMARTS) is 1. The number of aromatic nitrogens is 1. The molecule has 3 aromatic carbocycles. The molecular weight excluding hydrogens is 559 g/mol. The van der Waals surface area contributed by atoms with Crippen LogP contribution in [0.4, 0.5) is 18.0 Å². The summed E-state index contributed by atoms with van der Waals surface area (Å²) in [4.78, 5) is 30.2. The molecule has 4 aromatic rings. The van der Waals surface area contributed by atoms with E-state index in [4.69, 9.17) is 9.84 Å². The van der Waals surface area contributed by atoms with E-state index >= 15 is 13.2 Å². The molecule has 43 heavy (non-hydrogen) atoms. The van der Waals surface area contributed by atoms with Crippen LogP contribution in [0.15, 0.2) is 66.7 Å². The van der Waals surface area contributed by atoms with Gasteiger partial charge in [0.1, 0.15) is 17.8 Å². The highest BCUT2D eigenvalue weighted by Gasteiger charge is 2.41. The number of H-pyrrole nitrogens is 1. The van der Waals surface area contributed by atoms with Gasteiger partial charge in [0.05, 0.1) is 25.2 Å². The molecule has 1 amide bonds. The van der Waals surface area contributed by atoms with Crippen molar-refractivity contribution in [3.63, 3.8) is 0 Å². The van der Waals surface area contributed by atoms with Crippen LogP contribution in [0.2, 0.25) is 0 Å². The summed E-state index contributed by atoms with van der Waals surface area (Å²) >= 11 is 0. The SMILES string of the molecule is C[C@@H]1Cc2c([nH]c3ccccc23)[C@@H](c2c(F)cc(C(=O)C3CN(C(=O)O)C3)cc2F)N1CC(F)COCc1ccccc1. The van der Waals surface area contributed by atoms with Gasteiger partial charge in [0.2, 0.25) is 0 Å². The van der Waals surface area contributed by atoms with E-state index in [9.17, 15) is 9.59 Å². The minimum Gasteiger partial charge on any atom is -0.465 e. The molecule has 2 N–H and O–H groups in total. The number of nitrogens with zero attached hydrogens (tertiary/aromatic N) is 2. The van der Waals surface area contributed by atoms with Crippen LogP contribution in [0.5, 0.6) is 0 Å². The maximum Gasteiger partial charge on any atom is 0.407 e. The van der Waals surface area contributed by atoms with Gasteiger partial charge in [-0.1, -0.05) is 48.5 Å². The number of carbonyl (C=O) groups is 2. The lowest BCUT2D eigenvalue weighted by Gasteiger charge is -2.41. The standard InChI is InChI=1S/C33H32F3N3O4/c1-19-11-25-24-9-5-6-10-28(24)37-30(25)31(39(19)16-23(34)18-43-17-20-7-3-2-4-8-20)29-26(35)12-21(13-27(29)36)32(40)22-14-38(15-22)33(41)42/h2-10,12-13,19,22-23,31,37H,11,14-18H2,1H3,(H,41,42)/t19-,23?,31-/m1/s1. The first-order valence-electron chi connectivity index (χ1n) is 14.3. The molecule has 1 unspecified atom stereocenters. The number of carbonyl (C=O) groups excluding carboxylic acids is 1. The van der Waals surface area contributed by atoms with E-state index in [-0.39, 0.29) is 50.0 Å². The van der Waals surface area contributed by atoms with E-state index in [1.165, 1.54) is 0 Å². The fourth-order valence-electron chi connectivity index (χ4n) is 6.29. The predicted octanol–water partition coefficient (Wildman–Crippen LogP) is 6.13. The average Bonchev–Trinajstić information content (AvgIpc) is 3.31. The lowest BCUT2D eigenvalue weighted by molar-refractivity contribution is 0.0327. The molecule has 0 bridgehead atoms. The van der Waals surface area contributed by atoms with E-state index in [0.717, 1.165) is 39.1 Å². The number of ketones is 1. The summed E-state index contributed by atoms with van der Waals surface area (Å²) in [5.74, 6) is -3.00. The first kappa shape index (κ1) is 28.9. The van der Waals surface area contributed by atoms with Crippen molar-refractivity contribution < 1.29 is 32.6 Å². The second-order valence-corrected chi connectivity index (χ2v) is 11.4. The van der Waals surface area contributed by atoms with Crippen LogP contribution < -0.4 is 0 Å². The number of hydrogen-bond donors (Lipinski definition) is 2. The average molecular weight is 592 g/mol. The number of likely N-dealkylation sites (tertiary alicyclic amines) is 1. The number of halogens is 3. The third-order valence-electron chi connectivity index (χ3n) is 8.50. The van der Waals surface area contributed by atoms with Crippen molar-refractivity contribution in [1.29, 1.82) is 0 Å². The molecule has 3 atom stereocenters. The van der Waals surface area contributed by atoms with Crippen LogP contribution in [0.3, 0.4) is 0 Å². The van der Waals surface area contributed by atoms with Crippen molar-refractivity contribution in [2.75, 3.05) is 26.2 Å². The summed E-state index contributed by atoms with van der Waals surface area (Å²) in [6.07, 6.45) is -2.02. The first-order chi connectivity index (χ1) is 20.7. The molecule has 0 aliphatic carbocycles. The largest absolute Gasteiger partial charge is 0.465 e. The van der Waals surface area contributed by atoms with Crippen molar-refractivity contribution in [3.05, 3.63) is 106 Å². The second-order valence-electron chi connectivity index (χ2n) is 11.4. The highest BCUT2D eigenvalue weighted by molar-refractivity contribution is 5.99. The summed E-state index contributed by atoms with van der Waals surface area (Å²) in [7, 11) is 0. The van der Waals surface area contributed by atoms with E-state index in [0.29, 0.717) is 12.1 Å². The third-order valence-corrected chi connectivity index (χ3v) is 8.50. The number of benzene rings is 3. The lowest BCUT2D eigenvalue weighted by Crippen LogP contribution is -2.52. The van der Waals surface area contributed by atoms with Gasteiger partial charge in [-0.15, -0.1) is 0 Å². The van der Waals surface area contributed by atoms with E-state index in [1.807, 2.05) is 61.5 Å². The Morgan fingerprint density at radius 3 is 2.42 bits per heavy atom. The Hall–Kier alpha value is -4.15. The molecular formula is C33H32F3N3O4. The van der Waals surface area contributed by atoms with Gasteiger partial charge >= 0.3 is 6.09 Å². The third kappa shape index (κ3) is 5.64. The van der Waals surface area contributed by atoms with Crippen LogP contribution in [0.1, 0.15) is 45.7 Å². The molecule has 2 aliphatic rings. The highest BCUT2D eigenvalue weighted by Crippen LogP contribution is 2.43. The number of amides is 1. The molecule has 224 valence electrons.